The van der Waals surface area contributed by atoms with Crippen LogP contribution in [0.3, 0.4) is 0 Å². The summed E-state index contributed by atoms with van der Waals surface area (Å²) in [7, 11) is 0.476. The Labute approximate surface area is 257 Å². The van der Waals surface area contributed by atoms with Crippen LogP contribution in [0.25, 0.3) is 0 Å². The molecule has 3 N–H and O–H groups in total. The second-order valence-electron chi connectivity index (χ2n) is 13.0. The third-order valence-electron chi connectivity index (χ3n) is 7.52. The highest BCUT2D eigenvalue weighted by Crippen LogP contribution is 2.49. The number of nitrogens with zero attached hydrogens (tertiary/aromatic N) is 1. The Hall–Kier alpha value is -0.670. The van der Waals surface area contributed by atoms with E-state index in [2.05, 4.69) is 13.8 Å². The normalized spacial score (nSPS) is 14.6. The van der Waals surface area contributed by atoms with E-state index in [-0.39, 0.29) is 23.9 Å². The predicted octanol–water partition coefficient (Wildman–Crippen LogP) is 6.90. The molecule has 0 saturated heterocycles. The average Bonchev–Trinajstić information content (AvgIpc) is 2.92. The van der Waals surface area contributed by atoms with Crippen molar-refractivity contribution in [3.05, 3.63) is 0 Å². The zero-order valence-electron chi connectivity index (χ0n) is 27.6. The van der Waals surface area contributed by atoms with E-state index < -0.39 is 44.3 Å². The molecule has 250 valence electrons. The maximum absolute atomic E-state index is 13.8. The highest BCUT2D eigenvalue weighted by Gasteiger charge is 2.54. The quantitative estimate of drug-likeness (QED) is 0.0341. The third-order valence-corrected chi connectivity index (χ3v) is 8.54. The van der Waals surface area contributed by atoms with Gasteiger partial charge in [-0.15, -0.1) is 0 Å². The van der Waals surface area contributed by atoms with Crippen LogP contribution in [0.2, 0.25) is 0 Å². The van der Waals surface area contributed by atoms with Crippen LogP contribution in [0.15, 0.2) is 0 Å². The first-order valence-electron chi connectivity index (χ1n) is 16.7. The lowest BCUT2D eigenvalue weighted by Gasteiger charge is -2.37. The highest BCUT2D eigenvalue weighted by atomic mass is 31.2. The van der Waals surface area contributed by atoms with Crippen molar-refractivity contribution in [3.8, 4) is 0 Å². The van der Waals surface area contributed by atoms with Crippen molar-refractivity contribution < 1.29 is 42.8 Å². The zero-order valence-corrected chi connectivity index (χ0v) is 28.5. The number of ketones is 2. The van der Waals surface area contributed by atoms with Crippen LogP contribution in [0.4, 0.5) is 0 Å². The SMILES string of the molecule is CCCCCCCCCCCC(=O)C(C[N+](C)(C)C)(OP(=O)(O)OCC(O)CO)C(=O)CCCCCCCCCCC. The summed E-state index contributed by atoms with van der Waals surface area (Å²) in [6.07, 6.45) is 18.0. The van der Waals surface area contributed by atoms with Gasteiger partial charge in [-0.1, -0.05) is 117 Å². The Morgan fingerprint density at radius 1 is 0.714 bits per heavy atom. The van der Waals surface area contributed by atoms with Gasteiger partial charge < -0.3 is 19.6 Å². The molecule has 0 aliphatic heterocycles. The molecule has 42 heavy (non-hydrogen) atoms. The van der Waals surface area contributed by atoms with Crippen molar-refractivity contribution in [3.63, 3.8) is 0 Å². The van der Waals surface area contributed by atoms with Gasteiger partial charge in [0.05, 0.1) is 34.4 Å². The van der Waals surface area contributed by atoms with Crippen molar-refractivity contribution >= 4 is 19.4 Å². The smallest absolute Gasteiger partial charge is 0.394 e. The largest absolute Gasteiger partial charge is 0.473 e. The molecule has 0 aliphatic carbocycles. The van der Waals surface area contributed by atoms with Crippen molar-refractivity contribution in [1.29, 1.82) is 0 Å². The molecule has 0 aromatic rings. The summed E-state index contributed by atoms with van der Waals surface area (Å²) < 4.78 is 23.6. The second-order valence-corrected chi connectivity index (χ2v) is 14.3. The molecule has 0 spiro atoms. The summed E-state index contributed by atoms with van der Waals surface area (Å²) >= 11 is 0. The van der Waals surface area contributed by atoms with Crippen LogP contribution in [0.5, 0.6) is 0 Å². The minimum atomic E-state index is -4.92. The molecule has 9 nitrogen and oxygen atoms in total. The summed E-state index contributed by atoms with van der Waals surface area (Å²) in [5.41, 5.74) is -2.13. The number of likely N-dealkylation sites (N-methyl/N-ethyl adjacent to an activating group) is 1. The summed E-state index contributed by atoms with van der Waals surface area (Å²) in [4.78, 5) is 38.1. The summed E-state index contributed by atoms with van der Waals surface area (Å²) in [6.45, 7) is 2.94. The topological polar surface area (TPSA) is 130 Å². The van der Waals surface area contributed by atoms with Crippen LogP contribution < -0.4 is 0 Å². The fourth-order valence-electron chi connectivity index (χ4n) is 5.18. The monoisotopic (exact) mass is 622 g/mol. The van der Waals surface area contributed by atoms with Crippen LogP contribution >= 0.6 is 7.82 Å². The minimum absolute atomic E-state index is 0.0681. The molecule has 0 bridgehead atoms. The molecule has 0 fully saturated rings. The maximum Gasteiger partial charge on any atom is 0.473 e. The maximum atomic E-state index is 13.8. The standard InChI is InChI=1S/C32H64NO8P/c1-6-8-10-12-14-16-18-20-22-24-30(36)32(28-33(3,4)5,41-42(38,39)40-27-29(35)26-34)31(37)25-23-21-19-17-15-13-11-9-7-2/h29,34-35H,6-28H2,1-5H3/p+1. The second kappa shape index (κ2) is 23.7. The zero-order chi connectivity index (χ0) is 31.9. The van der Waals surface area contributed by atoms with Gasteiger partial charge in [-0.25, -0.2) is 4.57 Å². The van der Waals surface area contributed by atoms with Gasteiger partial charge in [-0.05, 0) is 12.8 Å². The molecule has 0 radical (unpaired) electrons. The molecule has 10 heteroatoms. The van der Waals surface area contributed by atoms with Crippen LogP contribution in [-0.2, 0) is 23.2 Å². The molecule has 2 unspecified atom stereocenters. The number of Topliss-reactive ketones (excluding diaryl/α,β-unsaturated/α-hetero) is 2. The first kappa shape index (κ1) is 41.3. The highest BCUT2D eigenvalue weighted by molar-refractivity contribution is 7.47. The molecule has 0 heterocycles. The van der Waals surface area contributed by atoms with E-state index >= 15 is 0 Å². The Morgan fingerprint density at radius 3 is 1.40 bits per heavy atom. The minimum Gasteiger partial charge on any atom is -0.394 e. The van der Waals surface area contributed by atoms with Crippen molar-refractivity contribution in [2.75, 3.05) is 40.9 Å². The van der Waals surface area contributed by atoms with Gasteiger partial charge >= 0.3 is 7.82 Å². The molecule has 0 aromatic heterocycles. The lowest BCUT2D eigenvalue weighted by atomic mass is 9.86. The van der Waals surface area contributed by atoms with Crippen LogP contribution in [0, 0.1) is 0 Å². The number of phosphoric ester groups is 1. The number of hydrogen-bond acceptors (Lipinski definition) is 7. The van der Waals surface area contributed by atoms with Crippen molar-refractivity contribution in [2.45, 2.75) is 154 Å². The predicted molar refractivity (Wildman–Crippen MR) is 169 cm³/mol. The number of carbonyl (C=O) groups is 2. The van der Waals surface area contributed by atoms with Crippen molar-refractivity contribution in [1.82, 2.24) is 0 Å². The Balaban J connectivity index is 5.46. The molecular weight excluding hydrogens is 557 g/mol. The number of quaternary nitrogens is 1. The van der Waals surface area contributed by atoms with E-state index in [1.807, 2.05) is 0 Å². The Morgan fingerprint density at radius 2 is 1.07 bits per heavy atom. The summed E-state index contributed by atoms with van der Waals surface area (Å²) in [5.74, 6) is -1.000. The fourth-order valence-corrected chi connectivity index (χ4v) is 6.25. The van der Waals surface area contributed by atoms with Gasteiger partial charge in [0.25, 0.3) is 0 Å². The number of rotatable bonds is 30. The van der Waals surface area contributed by atoms with E-state index in [9.17, 15) is 24.2 Å². The number of phosphoric acid groups is 1. The number of hydrogen-bond donors (Lipinski definition) is 3. The van der Waals surface area contributed by atoms with Crippen molar-refractivity contribution in [2.24, 2.45) is 0 Å². The van der Waals surface area contributed by atoms with Crippen LogP contribution in [-0.4, -0.2) is 83.8 Å². The lowest BCUT2D eigenvalue weighted by molar-refractivity contribution is -0.874. The van der Waals surface area contributed by atoms with E-state index in [0.29, 0.717) is 12.8 Å². The molecule has 0 amide bonds. The lowest BCUT2D eigenvalue weighted by Crippen LogP contribution is -2.59. The summed E-state index contributed by atoms with van der Waals surface area (Å²) in [5, 5.41) is 18.7. The van der Waals surface area contributed by atoms with Gasteiger partial charge in [0.2, 0.25) is 5.60 Å². The molecular formula is C32H65NO8P+. The number of unbranched alkanes of at least 4 members (excludes halogenated alkanes) is 16. The summed E-state index contributed by atoms with van der Waals surface area (Å²) in [6, 6.07) is 0. The van der Waals surface area contributed by atoms with Crippen LogP contribution in [0.1, 0.15) is 142 Å². The van der Waals surface area contributed by atoms with Gasteiger partial charge in [0.15, 0.2) is 11.6 Å². The Bertz CT molecular complexity index is 721. The van der Waals surface area contributed by atoms with E-state index in [1.165, 1.54) is 64.2 Å². The van der Waals surface area contributed by atoms with Gasteiger partial charge in [-0.3, -0.25) is 18.6 Å². The van der Waals surface area contributed by atoms with Gasteiger partial charge in [0.1, 0.15) is 12.6 Å². The first-order valence-corrected chi connectivity index (χ1v) is 18.2. The number of carbonyl (C=O) groups excluding carboxylic acids is 2. The fraction of sp³-hybridized carbons (Fsp3) is 0.938. The van der Waals surface area contributed by atoms with E-state index in [1.54, 1.807) is 21.1 Å². The molecule has 0 saturated carbocycles. The molecule has 0 rings (SSSR count). The van der Waals surface area contributed by atoms with E-state index in [0.717, 1.165) is 38.5 Å². The van der Waals surface area contributed by atoms with Gasteiger partial charge in [-0.2, -0.15) is 0 Å². The molecule has 2 atom stereocenters. The van der Waals surface area contributed by atoms with Gasteiger partial charge in [0, 0.05) is 12.8 Å². The van der Waals surface area contributed by atoms with E-state index in [4.69, 9.17) is 14.2 Å². The first-order chi connectivity index (χ1) is 19.8. The number of aliphatic hydroxyl groups is 2. The molecule has 0 aromatic carbocycles. The Kier molecular flexibility index (Phi) is 23.3. The molecule has 0 aliphatic rings. The third kappa shape index (κ3) is 20.3. The number of aliphatic hydroxyl groups excluding tert-OH is 2. The average molecular weight is 623 g/mol.